The van der Waals surface area contributed by atoms with E-state index in [2.05, 4.69) is 56.0 Å². The lowest BCUT2D eigenvalue weighted by Gasteiger charge is -2.45. The molecule has 1 rings (SSSR count). The van der Waals surface area contributed by atoms with Gasteiger partial charge in [-0.1, -0.05) is 27.7 Å². The van der Waals surface area contributed by atoms with Gasteiger partial charge in [0.25, 0.3) is 0 Å². The Kier molecular flexibility index (Phi) is 6.69. The summed E-state index contributed by atoms with van der Waals surface area (Å²) in [5, 5.41) is 8.38. The van der Waals surface area contributed by atoms with Gasteiger partial charge >= 0.3 is 0 Å². The van der Waals surface area contributed by atoms with Crippen LogP contribution in [0.5, 0.6) is 0 Å². The van der Waals surface area contributed by atoms with Crippen molar-refractivity contribution in [3.05, 3.63) is 18.0 Å². The molecule has 116 valence electrons. The summed E-state index contributed by atoms with van der Waals surface area (Å²) < 4.78 is 1.90. The first kappa shape index (κ1) is 17.2. The van der Waals surface area contributed by atoms with Crippen molar-refractivity contribution in [3.63, 3.8) is 0 Å². The SMILES string of the molecule is CCCNC(c1ccn(C)n1)C(C)(CC)N(CC)CC. The molecule has 0 aliphatic carbocycles. The Morgan fingerprint density at radius 1 is 1.30 bits per heavy atom. The Morgan fingerprint density at radius 3 is 2.35 bits per heavy atom. The topological polar surface area (TPSA) is 33.1 Å². The first-order valence-electron chi connectivity index (χ1n) is 8.01. The summed E-state index contributed by atoms with van der Waals surface area (Å²) in [6, 6.07) is 2.42. The minimum Gasteiger partial charge on any atom is -0.307 e. The molecule has 0 saturated heterocycles. The van der Waals surface area contributed by atoms with Crippen molar-refractivity contribution in [2.45, 2.75) is 59.0 Å². The molecule has 0 radical (unpaired) electrons. The smallest absolute Gasteiger partial charge is 0.0812 e. The van der Waals surface area contributed by atoms with Gasteiger partial charge in [0.1, 0.15) is 0 Å². The molecule has 4 nitrogen and oxygen atoms in total. The van der Waals surface area contributed by atoms with Crippen molar-refractivity contribution in [2.75, 3.05) is 19.6 Å². The lowest BCUT2D eigenvalue weighted by molar-refractivity contribution is 0.0680. The van der Waals surface area contributed by atoms with Crippen LogP contribution in [0.2, 0.25) is 0 Å². The van der Waals surface area contributed by atoms with E-state index < -0.39 is 0 Å². The maximum absolute atomic E-state index is 4.66. The predicted molar refractivity (Wildman–Crippen MR) is 85.9 cm³/mol. The Labute approximate surface area is 124 Å². The zero-order chi connectivity index (χ0) is 15.2. The van der Waals surface area contributed by atoms with E-state index in [0.717, 1.165) is 38.2 Å². The molecule has 1 aromatic rings. The zero-order valence-electron chi connectivity index (χ0n) is 14.1. The molecule has 2 unspecified atom stereocenters. The largest absolute Gasteiger partial charge is 0.307 e. The molecular formula is C16H32N4. The Bertz CT molecular complexity index is 384. The van der Waals surface area contributed by atoms with E-state index >= 15 is 0 Å². The van der Waals surface area contributed by atoms with E-state index in [9.17, 15) is 0 Å². The molecule has 1 heterocycles. The number of rotatable bonds is 9. The molecule has 0 aliphatic heterocycles. The van der Waals surface area contributed by atoms with Gasteiger partial charge in [0.2, 0.25) is 0 Å². The van der Waals surface area contributed by atoms with Crippen LogP contribution >= 0.6 is 0 Å². The summed E-state index contributed by atoms with van der Waals surface area (Å²) in [6.07, 6.45) is 4.28. The van der Waals surface area contributed by atoms with Gasteiger partial charge in [-0.2, -0.15) is 5.10 Å². The van der Waals surface area contributed by atoms with Crippen LogP contribution in [0.1, 0.15) is 59.2 Å². The second kappa shape index (κ2) is 7.79. The number of nitrogens with zero attached hydrogens (tertiary/aromatic N) is 3. The summed E-state index contributed by atoms with van der Waals surface area (Å²) >= 11 is 0. The molecule has 0 saturated carbocycles. The third-order valence-electron chi connectivity index (χ3n) is 4.45. The van der Waals surface area contributed by atoms with Crippen LogP contribution in [0.25, 0.3) is 0 Å². The summed E-state index contributed by atoms with van der Waals surface area (Å²) in [5.41, 5.74) is 1.24. The summed E-state index contributed by atoms with van der Waals surface area (Å²) in [7, 11) is 1.99. The number of hydrogen-bond donors (Lipinski definition) is 1. The monoisotopic (exact) mass is 280 g/mol. The normalized spacial score (nSPS) is 16.4. The molecule has 20 heavy (non-hydrogen) atoms. The molecule has 0 aromatic carbocycles. The second-order valence-corrected chi connectivity index (χ2v) is 5.68. The van der Waals surface area contributed by atoms with E-state index in [1.165, 1.54) is 0 Å². The number of hydrogen-bond acceptors (Lipinski definition) is 3. The van der Waals surface area contributed by atoms with Crippen LogP contribution in [0, 0.1) is 0 Å². The second-order valence-electron chi connectivity index (χ2n) is 5.68. The molecule has 2 atom stereocenters. The highest BCUT2D eigenvalue weighted by molar-refractivity contribution is 5.13. The Balaban J connectivity index is 3.11. The van der Waals surface area contributed by atoms with E-state index in [0.29, 0.717) is 0 Å². The molecule has 0 fully saturated rings. The fraction of sp³-hybridized carbons (Fsp3) is 0.812. The molecule has 1 aromatic heterocycles. The molecule has 0 amide bonds. The van der Waals surface area contributed by atoms with Crippen molar-refractivity contribution in [1.29, 1.82) is 0 Å². The van der Waals surface area contributed by atoms with Gasteiger partial charge in [-0.05, 0) is 45.5 Å². The van der Waals surface area contributed by atoms with Crippen LogP contribution in [0.15, 0.2) is 12.3 Å². The predicted octanol–water partition coefficient (Wildman–Crippen LogP) is 2.97. The van der Waals surface area contributed by atoms with Crippen molar-refractivity contribution in [3.8, 4) is 0 Å². The van der Waals surface area contributed by atoms with Crippen LogP contribution in [0.3, 0.4) is 0 Å². The average molecular weight is 280 g/mol. The average Bonchev–Trinajstić information content (AvgIpc) is 2.86. The quantitative estimate of drug-likeness (QED) is 0.755. The number of likely N-dealkylation sites (N-methyl/N-ethyl adjacent to an activating group) is 1. The zero-order valence-corrected chi connectivity index (χ0v) is 14.1. The van der Waals surface area contributed by atoms with Gasteiger partial charge in [-0.15, -0.1) is 0 Å². The van der Waals surface area contributed by atoms with Crippen LogP contribution in [-0.2, 0) is 7.05 Å². The number of aryl methyl sites for hydroxylation is 1. The third-order valence-corrected chi connectivity index (χ3v) is 4.45. The molecular weight excluding hydrogens is 248 g/mol. The molecule has 1 N–H and O–H groups in total. The van der Waals surface area contributed by atoms with Gasteiger partial charge in [0.15, 0.2) is 0 Å². The van der Waals surface area contributed by atoms with E-state index in [-0.39, 0.29) is 11.6 Å². The van der Waals surface area contributed by atoms with Crippen molar-refractivity contribution in [1.82, 2.24) is 20.0 Å². The first-order valence-corrected chi connectivity index (χ1v) is 8.01. The standard InChI is InChI=1S/C16H32N4/c1-7-12-17-15(14-11-13-19(6)18-14)16(5,8-2)20(9-3)10-4/h11,13,15,17H,7-10,12H2,1-6H3. The highest BCUT2D eigenvalue weighted by atomic mass is 15.3. The van der Waals surface area contributed by atoms with Crippen molar-refractivity contribution >= 4 is 0 Å². The highest BCUT2D eigenvalue weighted by Crippen LogP contribution is 2.33. The lowest BCUT2D eigenvalue weighted by atomic mass is 9.85. The van der Waals surface area contributed by atoms with Crippen LogP contribution in [-0.4, -0.2) is 39.9 Å². The summed E-state index contributed by atoms with van der Waals surface area (Å²) in [4.78, 5) is 2.55. The number of aromatic nitrogens is 2. The molecule has 4 heteroatoms. The van der Waals surface area contributed by atoms with Gasteiger partial charge in [0.05, 0.1) is 11.7 Å². The van der Waals surface area contributed by atoms with Gasteiger partial charge in [0, 0.05) is 18.8 Å². The van der Waals surface area contributed by atoms with Crippen molar-refractivity contribution in [2.24, 2.45) is 7.05 Å². The summed E-state index contributed by atoms with van der Waals surface area (Å²) in [6.45, 7) is 14.5. The van der Waals surface area contributed by atoms with Crippen LogP contribution in [0.4, 0.5) is 0 Å². The first-order chi connectivity index (χ1) is 9.53. The van der Waals surface area contributed by atoms with E-state index in [4.69, 9.17) is 0 Å². The van der Waals surface area contributed by atoms with Crippen LogP contribution < -0.4 is 5.32 Å². The highest BCUT2D eigenvalue weighted by Gasteiger charge is 2.38. The fourth-order valence-corrected chi connectivity index (χ4v) is 3.08. The third kappa shape index (κ3) is 3.61. The van der Waals surface area contributed by atoms with E-state index in [1.807, 2.05) is 17.9 Å². The maximum atomic E-state index is 4.66. The molecule has 0 bridgehead atoms. The molecule has 0 aliphatic rings. The van der Waals surface area contributed by atoms with Gasteiger partial charge < -0.3 is 5.32 Å². The fourth-order valence-electron chi connectivity index (χ4n) is 3.08. The number of nitrogens with one attached hydrogen (secondary N) is 1. The summed E-state index contributed by atoms with van der Waals surface area (Å²) in [5.74, 6) is 0. The molecule has 0 spiro atoms. The van der Waals surface area contributed by atoms with Gasteiger partial charge in [-0.3, -0.25) is 9.58 Å². The minimum atomic E-state index is 0.0903. The Morgan fingerprint density at radius 2 is 1.95 bits per heavy atom. The van der Waals surface area contributed by atoms with Gasteiger partial charge in [-0.25, -0.2) is 0 Å². The maximum Gasteiger partial charge on any atom is 0.0812 e. The van der Waals surface area contributed by atoms with Crippen molar-refractivity contribution < 1.29 is 0 Å². The lowest BCUT2D eigenvalue weighted by Crippen LogP contribution is -2.54. The van der Waals surface area contributed by atoms with E-state index in [1.54, 1.807) is 0 Å². The minimum absolute atomic E-state index is 0.0903. The Hall–Kier alpha value is -0.870.